The molecule has 0 fully saturated rings. The molecule has 0 bridgehead atoms. The van der Waals surface area contributed by atoms with E-state index in [0.717, 1.165) is 4.43 Å². The van der Waals surface area contributed by atoms with E-state index in [-0.39, 0.29) is 0 Å². The van der Waals surface area contributed by atoms with Gasteiger partial charge in [0.1, 0.15) is 0 Å². The van der Waals surface area contributed by atoms with E-state index in [9.17, 15) is 0 Å². The lowest BCUT2D eigenvalue weighted by molar-refractivity contribution is 1.44. The first-order valence-corrected chi connectivity index (χ1v) is 5.15. The summed E-state index contributed by atoms with van der Waals surface area (Å²) in [6.45, 7) is 2.13. The lowest BCUT2D eigenvalue weighted by Crippen LogP contribution is -1.77. The molecule has 0 aliphatic carbocycles. The number of alkyl halides is 1. The first kappa shape index (κ1) is 8.78. The molecule has 0 aliphatic rings. The Bertz CT molecular complexity index is 251. The van der Waals surface area contributed by atoms with Crippen LogP contribution in [0.3, 0.4) is 0 Å². The summed E-state index contributed by atoms with van der Waals surface area (Å²) in [7, 11) is 0. The zero-order valence-electron chi connectivity index (χ0n) is 6.55. The van der Waals surface area contributed by atoms with Crippen LogP contribution in [0.5, 0.6) is 0 Å². The van der Waals surface area contributed by atoms with Crippen LogP contribution in [0, 0.1) is 6.92 Å². The third-order valence-electron chi connectivity index (χ3n) is 1.57. The van der Waals surface area contributed by atoms with Gasteiger partial charge in [0.15, 0.2) is 0 Å². The third-order valence-corrected chi connectivity index (χ3v) is 2.08. The zero-order chi connectivity index (χ0) is 8.10. The number of allylic oxidation sites excluding steroid dienone is 1. The second kappa shape index (κ2) is 4.54. The largest absolute Gasteiger partial charge is 0.0818 e. The van der Waals surface area contributed by atoms with E-state index in [1.807, 2.05) is 0 Å². The molecule has 0 nitrogen and oxygen atoms in total. The zero-order valence-corrected chi connectivity index (χ0v) is 8.71. The molecule has 1 aromatic carbocycles. The topological polar surface area (TPSA) is 0 Å². The highest BCUT2D eigenvalue weighted by atomic mass is 127. The Labute approximate surface area is 81.5 Å². The Morgan fingerprint density at radius 2 is 2.09 bits per heavy atom. The van der Waals surface area contributed by atoms with Crippen LogP contribution >= 0.6 is 22.6 Å². The summed E-state index contributed by atoms with van der Waals surface area (Å²) >= 11 is 2.34. The molecule has 0 saturated heterocycles. The fraction of sp³-hybridized carbons (Fsp3) is 0.200. The molecule has 0 amide bonds. The van der Waals surface area contributed by atoms with Crippen LogP contribution in [0.4, 0.5) is 0 Å². The number of hydrogen-bond donors (Lipinski definition) is 0. The predicted octanol–water partition coefficient (Wildman–Crippen LogP) is 3.44. The first-order chi connectivity index (χ1) is 5.34. The maximum absolute atomic E-state index is 2.34. The summed E-state index contributed by atoms with van der Waals surface area (Å²) in [5.74, 6) is 0. The number of halogens is 1. The minimum atomic E-state index is 1.08. The van der Waals surface area contributed by atoms with E-state index in [0.29, 0.717) is 0 Å². The number of rotatable bonds is 2. The van der Waals surface area contributed by atoms with Gasteiger partial charge in [-0.25, -0.2) is 0 Å². The minimum Gasteiger partial charge on any atom is -0.0818 e. The van der Waals surface area contributed by atoms with Crippen LogP contribution in [0.1, 0.15) is 11.1 Å². The molecule has 0 heterocycles. The summed E-state index contributed by atoms with van der Waals surface area (Å²) < 4.78 is 1.08. The van der Waals surface area contributed by atoms with Gasteiger partial charge >= 0.3 is 0 Å². The lowest BCUT2D eigenvalue weighted by atomic mass is 10.1. The molecular formula is C10H11I. The monoisotopic (exact) mass is 258 g/mol. The standard InChI is InChI=1S/C10H11I/c1-9-5-2-3-6-10(9)7-4-8-11/h2-7H,8H2,1H3/b7-4-. The Kier molecular flexibility index (Phi) is 3.63. The lowest BCUT2D eigenvalue weighted by Gasteiger charge is -1.96. The van der Waals surface area contributed by atoms with Crippen molar-refractivity contribution in [3.8, 4) is 0 Å². The molecule has 11 heavy (non-hydrogen) atoms. The number of hydrogen-bond acceptors (Lipinski definition) is 0. The Morgan fingerprint density at radius 3 is 2.73 bits per heavy atom. The van der Waals surface area contributed by atoms with Gasteiger partial charge in [0.2, 0.25) is 0 Å². The molecule has 1 rings (SSSR count). The molecule has 0 unspecified atom stereocenters. The van der Waals surface area contributed by atoms with Crippen LogP contribution in [0.15, 0.2) is 30.3 Å². The van der Waals surface area contributed by atoms with E-state index in [2.05, 4.69) is 65.9 Å². The van der Waals surface area contributed by atoms with Crippen molar-refractivity contribution >= 4 is 28.7 Å². The van der Waals surface area contributed by atoms with Gasteiger partial charge in [-0.2, -0.15) is 0 Å². The molecule has 0 atom stereocenters. The molecule has 0 aliphatic heterocycles. The van der Waals surface area contributed by atoms with Gasteiger partial charge in [0.25, 0.3) is 0 Å². The second-order valence-electron chi connectivity index (χ2n) is 2.41. The highest BCUT2D eigenvalue weighted by Crippen LogP contribution is 2.08. The van der Waals surface area contributed by atoms with Crippen molar-refractivity contribution in [2.75, 3.05) is 4.43 Å². The van der Waals surface area contributed by atoms with Crippen molar-refractivity contribution in [1.82, 2.24) is 0 Å². The first-order valence-electron chi connectivity index (χ1n) is 3.62. The summed E-state index contributed by atoms with van der Waals surface area (Å²) in [5, 5.41) is 0. The van der Waals surface area contributed by atoms with Gasteiger partial charge in [0, 0.05) is 4.43 Å². The Morgan fingerprint density at radius 1 is 1.36 bits per heavy atom. The van der Waals surface area contributed by atoms with Crippen molar-refractivity contribution < 1.29 is 0 Å². The molecule has 0 N–H and O–H groups in total. The van der Waals surface area contributed by atoms with E-state index in [1.54, 1.807) is 0 Å². The van der Waals surface area contributed by atoms with Gasteiger partial charge in [-0.3, -0.25) is 0 Å². The Hall–Kier alpha value is -0.310. The number of aryl methyl sites for hydroxylation is 1. The summed E-state index contributed by atoms with van der Waals surface area (Å²) in [5.41, 5.74) is 2.66. The van der Waals surface area contributed by atoms with Crippen molar-refractivity contribution in [1.29, 1.82) is 0 Å². The summed E-state index contributed by atoms with van der Waals surface area (Å²) in [6, 6.07) is 8.40. The fourth-order valence-electron chi connectivity index (χ4n) is 0.945. The van der Waals surface area contributed by atoms with Crippen molar-refractivity contribution in [2.45, 2.75) is 6.92 Å². The summed E-state index contributed by atoms with van der Waals surface area (Å²) in [4.78, 5) is 0. The van der Waals surface area contributed by atoms with Gasteiger partial charge < -0.3 is 0 Å². The van der Waals surface area contributed by atoms with Gasteiger partial charge in [-0.05, 0) is 18.1 Å². The smallest absolute Gasteiger partial charge is 0.0179 e. The molecule has 0 spiro atoms. The quantitative estimate of drug-likeness (QED) is 0.563. The normalized spacial score (nSPS) is 10.7. The van der Waals surface area contributed by atoms with Gasteiger partial charge in [-0.15, -0.1) is 0 Å². The summed E-state index contributed by atoms with van der Waals surface area (Å²) in [6.07, 6.45) is 4.34. The number of benzene rings is 1. The van der Waals surface area contributed by atoms with Crippen LogP contribution in [0.25, 0.3) is 6.08 Å². The average molecular weight is 258 g/mol. The highest BCUT2D eigenvalue weighted by Gasteiger charge is 1.88. The van der Waals surface area contributed by atoms with Crippen LogP contribution in [0.2, 0.25) is 0 Å². The SMILES string of the molecule is Cc1ccccc1/C=C\CI. The molecule has 1 aromatic rings. The molecule has 0 saturated carbocycles. The maximum Gasteiger partial charge on any atom is 0.0179 e. The van der Waals surface area contributed by atoms with E-state index < -0.39 is 0 Å². The van der Waals surface area contributed by atoms with Crippen molar-refractivity contribution in [3.05, 3.63) is 41.5 Å². The molecule has 1 heteroatoms. The Balaban J connectivity index is 2.86. The third kappa shape index (κ3) is 2.66. The van der Waals surface area contributed by atoms with Gasteiger partial charge in [-0.1, -0.05) is 59.0 Å². The maximum atomic E-state index is 2.34. The molecule has 0 radical (unpaired) electrons. The second-order valence-corrected chi connectivity index (χ2v) is 3.29. The van der Waals surface area contributed by atoms with E-state index >= 15 is 0 Å². The minimum absolute atomic E-state index is 1.08. The van der Waals surface area contributed by atoms with Crippen molar-refractivity contribution in [2.24, 2.45) is 0 Å². The van der Waals surface area contributed by atoms with E-state index in [1.165, 1.54) is 11.1 Å². The predicted molar refractivity (Wildman–Crippen MR) is 59.1 cm³/mol. The van der Waals surface area contributed by atoms with Gasteiger partial charge in [0.05, 0.1) is 0 Å². The highest BCUT2D eigenvalue weighted by molar-refractivity contribution is 14.1. The van der Waals surface area contributed by atoms with Crippen molar-refractivity contribution in [3.63, 3.8) is 0 Å². The molecular weight excluding hydrogens is 247 g/mol. The van der Waals surface area contributed by atoms with Crippen LogP contribution in [-0.4, -0.2) is 4.43 Å². The van der Waals surface area contributed by atoms with E-state index in [4.69, 9.17) is 0 Å². The average Bonchev–Trinajstić information content (AvgIpc) is 2.03. The fourth-order valence-corrected chi connectivity index (χ4v) is 1.20. The van der Waals surface area contributed by atoms with Crippen LogP contribution in [-0.2, 0) is 0 Å². The molecule has 58 valence electrons. The van der Waals surface area contributed by atoms with Crippen LogP contribution < -0.4 is 0 Å². The molecule has 0 aromatic heterocycles.